The molecule has 7 heteroatoms. The number of aromatic nitrogens is 2. The lowest BCUT2D eigenvalue weighted by molar-refractivity contribution is 0.0918. The maximum absolute atomic E-state index is 11.6. The third kappa shape index (κ3) is 3.68. The molecule has 1 heterocycles. The van der Waals surface area contributed by atoms with Crippen molar-refractivity contribution in [3.8, 4) is 0 Å². The molecule has 0 atom stereocenters. The maximum Gasteiger partial charge on any atom is 0.308 e. The third-order valence-corrected chi connectivity index (χ3v) is 3.00. The SMILES string of the molecule is Cc1nnc(C(=O)NCCc2ccc(Cl)cc2Cl)o1. The minimum atomic E-state index is -0.398. The van der Waals surface area contributed by atoms with Crippen molar-refractivity contribution in [1.29, 1.82) is 0 Å². The van der Waals surface area contributed by atoms with Crippen LogP contribution in [0.5, 0.6) is 0 Å². The van der Waals surface area contributed by atoms with Crippen LogP contribution in [0.3, 0.4) is 0 Å². The van der Waals surface area contributed by atoms with Gasteiger partial charge in [0.1, 0.15) is 0 Å². The Morgan fingerprint density at radius 1 is 1.37 bits per heavy atom. The van der Waals surface area contributed by atoms with Gasteiger partial charge in [-0.05, 0) is 24.1 Å². The average molecular weight is 300 g/mol. The van der Waals surface area contributed by atoms with Crippen LogP contribution in [0.2, 0.25) is 10.0 Å². The number of amides is 1. The Morgan fingerprint density at radius 2 is 2.16 bits per heavy atom. The predicted octanol–water partition coefficient (Wildman–Crippen LogP) is 2.66. The minimum Gasteiger partial charge on any atom is -0.417 e. The quantitative estimate of drug-likeness (QED) is 0.942. The Balaban J connectivity index is 1.88. The van der Waals surface area contributed by atoms with Gasteiger partial charge in [-0.25, -0.2) is 0 Å². The Labute approximate surface area is 119 Å². The molecule has 0 unspecified atom stereocenters. The highest BCUT2D eigenvalue weighted by Gasteiger charge is 2.12. The van der Waals surface area contributed by atoms with Gasteiger partial charge in [0, 0.05) is 23.5 Å². The summed E-state index contributed by atoms with van der Waals surface area (Å²) >= 11 is 11.8. The van der Waals surface area contributed by atoms with Crippen molar-refractivity contribution >= 4 is 29.1 Å². The van der Waals surface area contributed by atoms with Crippen LogP contribution in [0.1, 0.15) is 22.1 Å². The summed E-state index contributed by atoms with van der Waals surface area (Å²) in [5.41, 5.74) is 0.910. The number of rotatable bonds is 4. The zero-order valence-electron chi connectivity index (χ0n) is 10.1. The van der Waals surface area contributed by atoms with E-state index in [9.17, 15) is 4.79 Å². The van der Waals surface area contributed by atoms with Gasteiger partial charge in [-0.1, -0.05) is 29.3 Å². The lowest BCUT2D eigenvalue weighted by atomic mass is 10.1. The molecule has 0 aliphatic carbocycles. The van der Waals surface area contributed by atoms with Crippen LogP contribution in [0.15, 0.2) is 22.6 Å². The number of aryl methyl sites for hydroxylation is 1. The summed E-state index contributed by atoms with van der Waals surface area (Å²) in [7, 11) is 0. The zero-order valence-corrected chi connectivity index (χ0v) is 11.6. The number of carbonyl (C=O) groups is 1. The fourth-order valence-electron chi connectivity index (χ4n) is 1.50. The molecule has 0 aliphatic rings. The van der Waals surface area contributed by atoms with Crippen LogP contribution in [-0.2, 0) is 6.42 Å². The number of carbonyl (C=O) groups excluding carboxylic acids is 1. The molecule has 1 aromatic heterocycles. The first kappa shape index (κ1) is 13.8. The normalized spacial score (nSPS) is 10.5. The second kappa shape index (κ2) is 6.04. The molecule has 0 radical (unpaired) electrons. The van der Waals surface area contributed by atoms with Gasteiger partial charge in [0.15, 0.2) is 0 Å². The van der Waals surface area contributed by atoms with Crippen LogP contribution in [-0.4, -0.2) is 22.6 Å². The van der Waals surface area contributed by atoms with E-state index in [2.05, 4.69) is 15.5 Å². The van der Waals surface area contributed by atoms with E-state index in [-0.39, 0.29) is 5.89 Å². The highest BCUT2D eigenvalue weighted by molar-refractivity contribution is 6.35. The molecule has 2 aromatic rings. The van der Waals surface area contributed by atoms with Crippen LogP contribution in [0, 0.1) is 6.92 Å². The van der Waals surface area contributed by atoms with E-state index in [1.165, 1.54) is 0 Å². The zero-order chi connectivity index (χ0) is 13.8. The van der Waals surface area contributed by atoms with Crippen molar-refractivity contribution in [2.45, 2.75) is 13.3 Å². The van der Waals surface area contributed by atoms with Crippen molar-refractivity contribution in [2.75, 3.05) is 6.54 Å². The van der Waals surface area contributed by atoms with Gasteiger partial charge >= 0.3 is 11.8 Å². The van der Waals surface area contributed by atoms with E-state index < -0.39 is 5.91 Å². The van der Waals surface area contributed by atoms with Crippen molar-refractivity contribution in [3.63, 3.8) is 0 Å². The highest BCUT2D eigenvalue weighted by atomic mass is 35.5. The first-order valence-corrected chi connectivity index (χ1v) is 6.34. The molecular weight excluding hydrogens is 289 g/mol. The fourth-order valence-corrected chi connectivity index (χ4v) is 2.00. The predicted molar refractivity (Wildman–Crippen MR) is 71.5 cm³/mol. The first-order valence-electron chi connectivity index (χ1n) is 5.58. The van der Waals surface area contributed by atoms with Crippen molar-refractivity contribution in [3.05, 3.63) is 45.6 Å². The van der Waals surface area contributed by atoms with Gasteiger partial charge < -0.3 is 9.73 Å². The molecular formula is C12H11Cl2N3O2. The summed E-state index contributed by atoms with van der Waals surface area (Å²) in [6, 6.07) is 5.25. The monoisotopic (exact) mass is 299 g/mol. The van der Waals surface area contributed by atoms with Crippen LogP contribution >= 0.6 is 23.2 Å². The maximum atomic E-state index is 11.6. The molecule has 0 spiro atoms. The number of halogens is 2. The largest absolute Gasteiger partial charge is 0.417 e. The van der Waals surface area contributed by atoms with Gasteiger partial charge in [-0.15, -0.1) is 10.2 Å². The van der Waals surface area contributed by atoms with E-state index >= 15 is 0 Å². The van der Waals surface area contributed by atoms with Gasteiger partial charge in [-0.3, -0.25) is 4.79 Å². The van der Waals surface area contributed by atoms with Crippen LogP contribution in [0.4, 0.5) is 0 Å². The van der Waals surface area contributed by atoms with Gasteiger partial charge in [0.25, 0.3) is 0 Å². The molecule has 0 saturated carbocycles. The van der Waals surface area contributed by atoms with Crippen molar-refractivity contribution in [2.24, 2.45) is 0 Å². The summed E-state index contributed by atoms with van der Waals surface area (Å²) in [6.45, 7) is 2.04. The smallest absolute Gasteiger partial charge is 0.308 e. The summed E-state index contributed by atoms with van der Waals surface area (Å²) in [6.07, 6.45) is 0.592. The lowest BCUT2D eigenvalue weighted by Gasteiger charge is -2.05. The van der Waals surface area contributed by atoms with E-state index in [1.54, 1.807) is 19.1 Å². The van der Waals surface area contributed by atoms with Gasteiger partial charge in [0.2, 0.25) is 5.89 Å². The second-order valence-corrected chi connectivity index (χ2v) is 4.71. The summed E-state index contributed by atoms with van der Waals surface area (Å²) in [5.74, 6) is -0.0868. The molecule has 1 aromatic carbocycles. The third-order valence-electron chi connectivity index (χ3n) is 2.42. The molecule has 0 bridgehead atoms. The Morgan fingerprint density at radius 3 is 2.79 bits per heavy atom. The van der Waals surface area contributed by atoms with E-state index in [4.69, 9.17) is 27.6 Å². The molecule has 0 aliphatic heterocycles. The molecule has 0 saturated heterocycles. The molecule has 1 amide bonds. The molecule has 1 N–H and O–H groups in total. The van der Waals surface area contributed by atoms with Crippen LogP contribution in [0.25, 0.3) is 0 Å². The van der Waals surface area contributed by atoms with E-state index in [1.807, 2.05) is 6.07 Å². The molecule has 0 fully saturated rings. The topological polar surface area (TPSA) is 68.0 Å². The summed E-state index contributed by atoms with van der Waals surface area (Å²) in [5, 5.41) is 11.1. The Bertz CT molecular complexity index is 598. The van der Waals surface area contributed by atoms with E-state index in [0.29, 0.717) is 28.9 Å². The van der Waals surface area contributed by atoms with Gasteiger partial charge in [-0.2, -0.15) is 0 Å². The Hall–Kier alpha value is -1.59. The molecule has 5 nitrogen and oxygen atoms in total. The lowest BCUT2D eigenvalue weighted by Crippen LogP contribution is -2.26. The average Bonchev–Trinajstić information content (AvgIpc) is 2.78. The Kier molecular flexibility index (Phi) is 4.39. The highest BCUT2D eigenvalue weighted by Crippen LogP contribution is 2.21. The second-order valence-electron chi connectivity index (χ2n) is 3.87. The van der Waals surface area contributed by atoms with Crippen molar-refractivity contribution < 1.29 is 9.21 Å². The number of nitrogens with one attached hydrogen (secondary N) is 1. The molecule has 2 rings (SSSR count). The number of hydrogen-bond acceptors (Lipinski definition) is 4. The first-order chi connectivity index (χ1) is 9.06. The number of hydrogen-bond donors (Lipinski definition) is 1. The minimum absolute atomic E-state index is 0.0419. The fraction of sp³-hybridized carbons (Fsp3) is 0.250. The van der Waals surface area contributed by atoms with Gasteiger partial charge in [0.05, 0.1) is 0 Å². The number of benzene rings is 1. The molecule has 19 heavy (non-hydrogen) atoms. The number of nitrogens with zero attached hydrogens (tertiary/aromatic N) is 2. The summed E-state index contributed by atoms with van der Waals surface area (Å²) < 4.78 is 5.01. The standard InChI is InChI=1S/C12H11Cl2N3O2/c1-7-16-17-12(19-7)11(18)15-5-4-8-2-3-9(13)6-10(8)14/h2-3,6H,4-5H2,1H3,(H,15,18). The van der Waals surface area contributed by atoms with Crippen molar-refractivity contribution in [1.82, 2.24) is 15.5 Å². The van der Waals surface area contributed by atoms with E-state index in [0.717, 1.165) is 5.56 Å². The summed E-state index contributed by atoms with van der Waals surface area (Å²) in [4.78, 5) is 11.6. The van der Waals surface area contributed by atoms with Crippen LogP contribution < -0.4 is 5.32 Å². The molecule has 100 valence electrons.